The standard InChI is InChI=1S/C19H27NO4/c1-14-19(23,9-10-24-14)13-20-17(22)12-18(2,3)11-16(21)15-7-5-4-6-8-15/h4-8,14,23H,9-13H2,1-3H3,(H,20,22)/t14-,19+/m1/s1. The van der Waals surface area contributed by atoms with E-state index in [9.17, 15) is 14.7 Å². The molecule has 24 heavy (non-hydrogen) atoms. The van der Waals surface area contributed by atoms with Gasteiger partial charge in [-0.1, -0.05) is 44.2 Å². The van der Waals surface area contributed by atoms with Crippen molar-refractivity contribution < 1.29 is 19.4 Å². The number of hydrogen-bond acceptors (Lipinski definition) is 4. The van der Waals surface area contributed by atoms with Crippen molar-refractivity contribution in [3.63, 3.8) is 0 Å². The van der Waals surface area contributed by atoms with Crippen LogP contribution in [0.2, 0.25) is 0 Å². The van der Waals surface area contributed by atoms with Gasteiger partial charge in [-0.15, -0.1) is 0 Å². The first kappa shape index (κ1) is 18.6. The lowest BCUT2D eigenvalue weighted by Crippen LogP contribution is -2.48. The molecule has 5 nitrogen and oxygen atoms in total. The molecule has 2 N–H and O–H groups in total. The first-order valence-electron chi connectivity index (χ1n) is 8.41. The fourth-order valence-corrected chi connectivity index (χ4v) is 2.97. The maximum absolute atomic E-state index is 12.3. The van der Waals surface area contributed by atoms with Gasteiger partial charge in [0.25, 0.3) is 0 Å². The average Bonchev–Trinajstić information content (AvgIpc) is 2.85. The van der Waals surface area contributed by atoms with Crippen molar-refractivity contribution in [1.29, 1.82) is 0 Å². The van der Waals surface area contributed by atoms with Crippen molar-refractivity contribution in [2.24, 2.45) is 5.41 Å². The summed E-state index contributed by atoms with van der Waals surface area (Å²) in [6, 6.07) is 9.11. The van der Waals surface area contributed by atoms with E-state index in [4.69, 9.17) is 4.74 Å². The quantitative estimate of drug-likeness (QED) is 0.751. The lowest BCUT2D eigenvalue weighted by atomic mass is 9.82. The van der Waals surface area contributed by atoms with Crippen LogP contribution in [-0.2, 0) is 9.53 Å². The third-order valence-electron chi connectivity index (χ3n) is 4.63. The Kier molecular flexibility index (Phi) is 5.78. The maximum Gasteiger partial charge on any atom is 0.220 e. The number of Topliss-reactive ketones (excluding diaryl/α,β-unsaturated/α-hetero) is 1. The minimum absolute atomic E-state index is 0.0323. The van der Waals surface area contributed by atoms with Crippen LogP contribution in [0.5, 0.6) is 0 Å². The number of nitrogens with one attached hydrogen (secondary N) is 1. The molecule has 0 spiro atoms. The van der Waals surface area contributed by atoms with Crippen LogP contribution in [0.25, 0.3) is 0 Å². The molecule has 0 aromatic heterocycles. The third-order valence-corrected chi connectivity index (χ3v) is 4.63. The maximum atomic E-state index is 12.3. The van der Waals surface area contributed by atoms with Crippen molar-refractivity contribution in [2.45, 2.75) is 51.7 Å². The van der Waals surface area contributed by atoms with Gasteiger partial charge in [-0.05, 0) is 12.3 Å². The molecule has 2 rings (SSSR count). The molecule has 1 amide bonds. The Bertz CT molecular complexity index is 584. The van der Waals surface area contributed by atoms with Crippen LogP contribution >= 0.6 is 0 Å². The molecule has 1 fully saturated rings. The molecule has 2 atom stereocenters. The zero-order valence-corrected chi connectivity index (χ0v) is 14.7. The Balaban J connectivity index is 1.84. The van der Waals surface area contributed by atoms with E-state index >= 15 is 0 Å². The fraction of sp³-hybridized carbons (Fsp3) is 0.579. The SMILES string of the molecule is C[C@H]1OCC[C@]1(O)CNC(=O)CC(C)(C)CC(=O)c1ccccc1. The van der Waals surface area contributed by atoms with Gasteiger partial charge < -0.3 is 15.2 Å². The lowest BCUT2D eigenvalue weighted by molar-refractivity contribution is -0.124. The van der Waals surface area contributed by atoms with Gasteiger partial charge in [0, 0.05) is 38.0 Å². The molecule has 0 saturated carbocycles. The van der Waals surface area contributed by atoms with E-state index in [2.05, 4.69) is 5.32 Å². The molecular weight excluding hydrogens is 306 g/mol. The van der Waals surface area contributed by atoms with Crippen LogP contribution in [0.15, 0.2) is 30.3 Å². The number of aliphatic hydroxyl groups is 1. The molecule has 1 heterocycles. The summed E-state index contributed by atoms with van der Waals surface area (Å²) in [6.45, 7) is 6.30. The summed E-state index contributed by atoms with van der Waals surface area (Å²) >= 11 is 0. The van der Waals surface area contributed by atoms with Crippen molar-refractivity contribution in [2.75, 3.05) is 13.2 Å². The zero-order chi connectivity index (χ0) is 17.8. The lowest BCUT2D eigenvalue weighted by Gasteiger charge is -2.28. The number of ether oxygens (including phenoxy) is 1. The number of hydrogen-bond donors (Lipinski definition) is 2. The molecule has 1 aromatic rings. The molecule has 0 unspecified atom stereocenters. The topological polar surface area (TPSA) is 75.6 Å². The van der Waals surface area contributed by atoms with Crippen LogP contribution in [0.3, 0.4) is 0 Å². The Hall–Kier alpha value is -1.72. The summed E-state index contributed by atoms with van der Waals surface area (Å²) in [5.41, 5.74) is -0.783. The first-order valence-corrected chi connectivity index (χ1v) is 8.41. The molecule has 0 bridgehead atoms. The summed E-state index contributed by atoms with van der Waals surface area (Å²) < 4.78 is 5.36. The predicted molar refractivity (Wildman–Crippen MR) is 91.8 cm³/mol. The number of carbonyl (C=O) groups is 2. The Morgan fingerprint density at radius 3 is 2.54 bits per heavy atom. The molecule has 0 aliphatic carbocycles. The number of benzene rings is 1. The van der Waals surface area contributed by atoms with Crippen molar-refractivity contribution in [3.05, 3.63) is 35.9 Å². The van der Waals surface area contributed by atoms with Gasteiger partial charge in [-0.25, -0.2) is 0 Å². The monoisotopic (exact) mass is 333 g/mol. The summed E-state index contributed by atoms with van der Waals surface area (Å²) in [5.74, 6) is -0.127. The molecule has 1 aliphatic rings. The molecule has 5 heteroatoms. The highest BCUT2D eigenvalue weighted by atomic mass is 16.5. The van der Waals surface area contributed by atoms with E-state index in [1.165, 1.54) is 0 Å². The highest BCUT2D eigenvalue weighted by molar-refractivity contribution is 5.96. The second kappa shape index (κ2) is 7.45. The summed E-state index contributed by atoms with van der Waals surface area (Å²) in [6.07, 6.45) is 0.764. The summed E-state index contributed by atoms with van der Waals surface area (Å²) in [7, 11) is 0. The van der Waals surface area contributed by atoms with E-state index in [-0.39, 0.29) is 30.8 Å². The third kappa shape index (κ3) is 4.89. The van der Waals surface area contributed by atoms with Gasteiger partial charge in [0.15, 0.2) is 5.78 Å². The van der Waals surface area contributed by atoms with Crippen LogP contribution in [-0.4, -0.2) is 41.7 Å². The smallest absolute Gasteiger partial charge is 0.220 e. The van der Waals surface area contributed by atoms with Crippen molar-refractivity contribution in [1.82, 2.24) is 5.32 Å². The zero-order valence-electron chi connectivity index (χ0n) is 14.7. The molecule has 1 aromatic carbocycles. The molecule has 0 radical (unpaired) electrons. The summed E-state index contributed by atoms with van der Waals surface area (Å²) in [4.78, 5) is 24.5. The van der Waals surface area contributed by atoms with Gasteiger partial charge in [0.1, 0.15) is 5.60 Å². The summed E-state index contributed by atoms with van der Waals surface area (Å²) in [5, 5.41) is 13.2. The second-order valence-electron chi connectivity index (χ2n) is 7.45. The minimum Gasteiger partial charge on any atom is -0.385 e. The van der Waals surface area contributed by atoms with Gasteiger partial charge in [-0.3, -0.25) is 9.59 Å². The second-order valence-corrected chi connectivity index (χ2v) is 7.45. The Morgan fingerprint density at radius 1 is 1.29 bits per heavy atom. The fourth-order valence-electron chi connectivity index (χ4n) is 2.97. The number of ketones is 1. The van der Waals surface area contributed by atoms with E-state index in [0.717, 1.165) is 0 Å². The molecular formula is C19H27NO4. The highest BCUT2D eigenvalue weighted by Gasteiger charge is 2.40. The first-order chi connectivity index (χ1) is 11.2. The normalized spacial score (nSPS) is 23.9. The van der Waals surface area contributed by atoms with Crippen LogP contribution in [0.4, 0.5) is 0 Å². The Morgan fingerprint density at radius 2 is 1.96 bits per heavy atom. The van der Waals surface area contributed by atoms with Gasteiger partial charge in [0.05, 0.1) is 6.10 Å². The van der Waals surface area contributed by atoms with Gasteiger partial charge in [0.2, 0.25) is 5.91 Å². The van der Waals surface area contributed by atoms with E-state index < -0.39 is 11.0 Å². The van der Waals surface area contributed by atoms with E-state index in [1.807, 2.05) is 39.0 Å². The number of carbonyl (C=O) groups excluding carboxylic acids is 2. The van der Waals surface area contributed by atoms with Crippen LogP contribution in [0.1, 0.15) is 50.4 Å². The highest BCUT2D eigenvalue weighted by Crippen LogP contribution is 2.28. The van der Waals surface area contributed by atoms with E-state index in [1.54, 1.807) is 12.1 Å². The molecule has 1 saturated heterocycles. The van der Waals surface area contributed by atoms with Crippen LogP contribution < -0.4 is 5.32 Å². The molecule has 1 aliphatic heterocycles. The molecule has 132 valence electrons. The average molecular weight is 333 g/mol. The van der Waals surface area contributed by atoms with Gasteiger partial charge >= 0.3 is 0 Å². The number of amides is 1. The predicted octanol–water partition coefficient (Wildman–Crippen LogP) is 2.33. The van der Waals surface area contributed by atoms with Crippen molar-refractivity contribution in [3.8, 4) is 0 Å². The van der Waals surface area contributed by atoms with Gasteiger partial charge in [-0.2, -0.15) is 0 Å². The largest absolute Gasteiger partial charge is 0.385 e. The number of rotatable bonds is 7. The van der Waals surface area contributed by atoms with Crippen LogP contribution in [0, 0.1) is 5.41 Å². The van der Waals surface area contributed by atoms with Crippen molar-refractivity contribution >= 4 is 11.7 Å². The Labute approximate surface area is 143 Å². The minimum atomic E-state index is -1.00. The van der Waals surface area contributed by atoms with E-state index in [0.29, 0.717) is 25.0 Å².